The molecule has 0 aliphatic heterocycles. The third-order valence-corrected chi connectivity index (χ3v) is 3.75. The Kier molecular flexibility index (Phi) is 3.49. The van der Waals surface area contributed by atoms with E-state index in [1.165, 1.54) is 6.92 Å². The molecule has 15 heavy (non-hydrogen) atoms. The summed E-state index contributed by atoms with van der Waals surface area (Å²) in [6, 6.07) is 8.68. The molecule has 0 saturated carbocycles. The van der Waals surface area contributed by atoms with E-state index in [-0.39, 0.29) is 12.8 Å². The Hall–Kier alpha value is -0.910. The number of hydrogen-bond donors (Lipinski definition) is 2. The van der Waals surface area contributed by atoms with Crippen LogP contribution in [0.25, 0.3) is 0 Å². The van der Waals surface area contributed by atoms with Crippen LogP contribution in [0.5, 0.6) is 0 Å². The van der Waals surface area contributed by atoms with Crippen molar-refractivity contribution in [2.75, 3.05) is 0 Å². The van der Waals surface area contributed by atoms with Crippen molar-refractivity contribution >= 4 is 10.1 Å². The quantitative estimate of drug-likeness (QED) is 0.762. The van der Waals surface area contributed by atoms with E-state index in [0.29, 0.717) is 5.56 Å². The molecule has 0 aliphatic rings. The molecule has 0 saturated heterocycles. The first-order valence-electron chi connectivity index (χ1n) is 4.62. The van der Waals surface area contributed by atoms with E-state index in [4.69, 9.17) is 4.55 Å². The van der Waals surface area contributed by atoms with Crippen LogP contribution in [0.1, 0.15) is 18.9 Å². The largest absolute Gasteiger partial charge is 0.372 e. The Bertz CT molecular complexity index is 412. The van der Waals surface area contributed by atoms with Crippen LogP contribution in [0.15, 0.2) is 30.3 Å². The van der Waals surface area contributed by atoms with E-state index in [1.807, 2.05) is 0 Å². The van der Waals surface area contributed by atoms with E-state index in [0.717, 1.165) is 0 Å². The van der Waals surface area contributed by atoms with Gasteiger partial charge in [0.15, 0.2) is 4.93 Å². The molecule has 84 valence electrons. The molecule has 0 amide bonds. The highest BCUT2D eigenvalue weighted by Crippen LogP contribution is 2.22. The van der Waals surface area contributed by atoms with E-state index in [2.05, 4.69) is 0 Å². The zero-order valence-corrected chi connectivity index (χ0v) is 9.24. The molecule has 0 spiro atoms. The minimum Gasteiger partial charge on any atom is -0.372 e. The molecule has 0 bridgehead atoms. The standard InChI is InChI=1S/C10H14O4S/c1-2-10(11,15(12,13)14)8-9-6-4-3-5-7-9/h3-7,11H,2,8H2,1H3,(H,12,13,14). The molecule has 1 aromatic carbocycles. The second-order valence-corrected chi connectivity index (χ2v) is 5.15. The lowest BCUT2D eigenvalue weighted by Gasteiger charge is -2.22. The van der Waals surface area contributed by atoms with Gasteiger partial charge in [-0.3, -0.25) is 4.55 Å². The average Bonchev–Trinajstić information content (AvgIpc) is 2.17. The summed E-state index contributed by atoms with van der Waals surface area (Å²) in [5, 5.41) is 9.77. The SMILES string of the molecule is CCC(O)(Cc1ccccc1)S(=O)(=O)O. The highest BCUT2D eigenvalue weighted by Gasteiger charge is 2.38. The van der Waals surface area contributed by atoms with Crippen LogP contribution in [0.2, 0.25) is 0 Å². The van der Waals surface area contributed by atoms with E-state index >= 15 is 0 Å². The lowest BCUT2D eigenvalue weighted by molar-refractivity contribution is 0.109. The zero-order valence-electron chi connectivity index (χ0n) is 8.42. The summed E-state index contributed by atoms with van der Waals surface area (Å²) in [6.45, 7) is 1.51. The number of benzene rings is 1. The zero-order chi connectivity index (χ0) is 11.5. The van der Waals surface area contributed by atoms with E-state index < -0.39 is 15.1 Å². The smallest absolute Gasteiger partial charge is 0.295 e. The summed E-state index contributed by atoms with van der Waals surface area (Å²) < 4.78 is 30.9. The molecule has 4 nitrogen and oxygen atoms in total. The van der Waals surface area contributed by atoms with Crippen LogP contribution in [0.3, 0.4) is 0 Å². The minimum atomic E-state index is -4.46. The van der Waals surface area contributed by atoms with Crippen LogP contribution in [-0.2, 0) is 16.5 Å². The monoisotopic (exact) mass is 230 g/mol. The molecule has 0 heterocycles. The Labute approximate surface area is 89.3 Å². The Morgan fingerprint density at radius 2 is 1.80 bits per heavy atom. The van der Waals surface area contributed by atoms with Crippen LogP contribution in [0, 0.1) is 0 Å². The maximum Gasteiger partial charge on any atom is 0.295 e. The van der Waals surface area contributed by atoms with Gasteiger partial charge in [-0.05, 0) is 12.0 Å². The third kappa shape index (κ3) is 2.77. The predicted molar refractivity (Wildman–Crippen MR) is 56.9 cm³/mol. The maximum absolute atomic E-state index is 11.0. The van der Waals surface area contributed by atoms with Gasteiger partial charge in [0, 0.05) is 6.42 Å². The highest BCUT2D eigenvalue weighted by molar-refractivity contribution is 7.87. The topological polar surface area (TPSA) is 74.6 Å². The van der Waals surface area contributed by atoms with Crippen molar-refractivity contribution in [1.82, 2.24) is 0 Å². The maximum atomic E-state index is 11.0. The van der Waals surface area contributed by atoms with Crippen LogP contribution in [0.4, 0.5) is 0 Å². The van der Waals surface area contributed by atoms with Gasteiger partial charge in [0.2, 0.25) is 0 Å². The summed E-state index contributed by atoms with van der Waals surface area (Å²) in [7, 11) is -4.46. The third-order valence-electron chi connectivity index (χ3n) is 2.36. The fourth-order valence-corrected chi connectivity index (χ4v) is 2.03. The average molecular weight is 230 g/mol. The highest BCUT2D eigenvalue weighted by atomic mass is 32.2. The Morgan fingerprint density at radius 1 is 1.27 bits per heavy atom. The summed E-state index contributed by atoms with van der Waals surface area (Å²) in [6.07, 6.45) is -0.163. The van der Waals surface area contributed by atoms with Crippen molar-refractivity contribution in [3.63, 3.8) is 0 Å². The molecular formula is C10H14O4S. The van der Waals surface area contributed by atoms with E-state index in [1.54, 1.807) is 30.3 Å². The first kappa shape index (κ1) is 12.2. The van der Waals surface area contributed by atoms with Crippen LogP contribution >= 0.6 is 0 Å². The summed E-state index contributed by atoms with van der Waals surface area (Å²) in [4.78, 5) is -2.09. The van der Waals surface area contributed by atoms with Gasteiger partial charge in [0.1, 0.15) is 0 Å². The molecule has 0 aliphatic carbocycles. The van der Waals surface area contributed by atoms with Gasteiger partial charge < -0.3 is 5.11 Å². The van der Waals surface area contributed by atoms with Gasteiger partial charge in [0.05, 0.1) is 0 Å². The first-order valence-corrected chi connectivity index (χ1v) is 6.06. The molecule has 1 atom stereocenters. The van der Waals surface area contributed by atoms with Crippen LogP contribution in [-0.4, -0.2) is 23.0 Å². The van der Waals surface area contributed by atoms with Gasteiger partial charge >= 0.3 is 0 Å². The van der Waals surface area contributed by atoms with Crippen molar-refractivity contribution in [2.45, 2.75) is 24.7 Å². The van der Waals surface area contributed by atoms with Crippen molar-refractivity contribution in [3.8, 4) is 0 Å². The van der Waals surface area contributed by atoms with Gasteiger partial charge in [-0.1, -0.05) is 37.3 Å². The van der Waals surface area contributed by atoms with Gasteiger partial charge in [-0.2, -0.15) is 8.42 Å². The van der Waals surface area contributed by atoms with Crippen molar-refractivity contribution in [1.29, 1.82) is 0 Å². The van der Waals surface area contributed by atoms with Crippen molar-refractivity contribution in [3.05, 3.63) is 35.9 Å². The second-order valence-electron chi connectivity index (χ2n) is 3.44. The fourth-order valence-electron chi connectivity index (χ4n) is 1.31. The lowest BCUT2D eigenvalue weighted by Crippen LogP contribution is -2.39. The Morgan fingerprint density at radius 3 is 2.20 bits per heavy atom. The number of aliphatic hydroxyl groups is 1. The summed E-state index contributed by atoms with van der Waals surface area (Å²) >= 11 is 0. The summed E-state index contributed by atoms with van der Waals surface area (Å²) in [5.41, 5.74) is 0.666. The molecule has 0 aromatic heterocycles. The molecule has 5 heteroatoms. The number of rotatable bonds is 4. The van der Waals surface area contributed by atoms with Gasteiger partial charge in [-0.15, -0.1) is 0 Å². The molecular weight excluding hydrogens is 216 g/mol. The predicted octanol–water partition coefficient (Wildman–Crippen LogP) is 1.22. The van der Waals surface area contributed by atoms with E-state index in [9.17, 15) is 13.5 Å². The van der Waals surface area contributed by atoms with Gasteiger partial charge in [0.25, 0.3) is 10.1 Å². The molecule has 1 rings (SSSR count). The Balaban J connectivity index is 2.97. The first-order chi connectivity index (χ1) is 6.89. The lowest BCUT2D eigenvalue weighted by atomic mass is 10.1. The molecule has 1 aromatic rings. The molecule has 0 fully saturated rings. The van der Waals surface area contributed by atoms with Crippen LogP contribution < -0.4 is 0 Å². The van der Waals surface area contributed by atoms with Crippen molar-refractivity contribution in [2.24, 2.45) is 0 Å². The van der Waals surface area contributed by atoms with Crippen molar-refractivity contribution < 1.29 is 18.1 Å². The fraction of sp³-hybridized carbons (Fsp3) is 0.400. The van der Waals surface area contributed by atoms with Gasteiger partial charge in [-0.25, -0.2) is 0 Å². The number of hydrogen-bond acceptors (Lipinski definition) is 3. The second kappa shape index (κ2) is 4.30. The normalized spacial score (nSPS) is 15.9. The molecule has 1 unspecified atom stereocenters. The minimum absolute atomic E-state index is 0.0548. The summed E-state index contributed by atoms with van der Waals surface area (Å²) in [5.74, 6) is 0. The molecule has 0 radical (unpaired) electrons. The molecule has 2 N–H and O–H groups in total.